The van der Waals surface area contributed by atoms with Crippen LogP contribution in [0.25, 0.3) is 27.7 Å². The molecule has 3 aromatic heterocycles. The Morgan fingerprint density at radius 2 is 2.06 bits per heavy atom. The minimum Gasteiger partial charge on any atom is -0.378 e. The van der Waals surface area contributed by atoms with Crippen molar-refractivity contribution in [2.45, 2.75) is 0 Å². The van der Waals surface area contributed by atoms with Crippen molar-refractivity contribution < 1.29 is 13.9 Å². The number of amides is 1. The van der Waals surface area contributed by atoms with Crippen LogP contribution >= 0.6 is 0 Å². The van der Waals surface area contributed by atoms with E-state index in [0.717, 1.165) is 0 Å². The highest BCUT2D eigenvalue weighted by Crippen LogP contribution is 2.27. The van der Waals surface area contributed by atoms with Crippen molar-refractivity contribution in [2.24, 2.45) is 4.99 Å². The average Bonchev–Trinajstić information content (AvgIpc) is 3.53. The van der Waals surface area contributed by atoms with Gasteiger partial charge in [0.15, 0.2) is 17.3 Å². The summed E-state index contributed by atoms with van der Waals surface area (Å²) in [5.74, 6) is -0.613. The minimum atomic E-state index is -0.641. The molecular weight excluding hydrogens is 455 g/mol. The van der Waals surface area contributed by atoms with Gasteiger partial charge in [-0.25, -0.2) is 14.4 Å². The highest BCUT2D eigenvalue weighted by Gasteiger charge is 2.26. The van der Waals surface area contributed by atoms with Crippen LogP contribution in [0.3, 0.4) is 0 Å². The van der Waals surface area contributed by atoms with Crippen LogP contribution in [-0.2, 0) is 4.74 Å². The molecule has 3 N–H and O–H groups in total. The van der Waals surface area contributed by atoms with Crippen LogP contribution in [0.5, 0.6) is 0 Å². The predicted octanol–water partition coefficient (Wildman–Crippen LogP) is 0.841. The van der Waals surface area contributed by atoms with Gasteiger partial charge < -0.3 is 19.9 Å². The first-order valence-corrected chi connectivity index (χ1v) is 11.3. The van der Waals surface area contributed by atoms with E-state index in [4.69, 9.17) is 4.74 Å². The zero-order valence-corrected chi connectivity index (χ0v) is 19.0. The lowest BCUT2D eigenvalue weighted by atomic mass is 10.1. The number of para-hydroxylation sites is 2. The molecule has 1 fully saturated rings. The van der Waals surface area contributed by atoms with Crippen molar-refractivity contribution in [3.05, 3.63) is 51.9 Å². The predicted molar refractivity (Wildman–Crippen MR) is 129 cm³/mol. The number of morpholine rings is 1. The Bertz CT molecular complexity index is 1570. The number of anilines is 1. The van der Waals surface area contributed by atoms with Crippen LogP contribution < -0.4 is 21.1 Å². The number of aromatic nitrogens is 3. The molecule has 2 aliphatic rings. The molecule has 180 valence electrons. The first-order chi connectivity index (χ1) is 17.0. The van der Waals surface area contributed by atoms with Gasteiger partial charge in [0, 0.05) is 26.7 Å². The Hall–Kier alpha value is -4.19. The average molecular weight is 478 g/mol. The maximum Gasteiger partial charge on any atom is 0.277 e. The maximum atomic E-state index is 15.2. The van der Waals surface area contributed by atoms with Gasteiger partial charge in [0.2, 0.25) is 11.4 Å². The highest BCUT2D eigenvalue weighted by molar-refractivity contribution is 6.06. The molecule has 1 amide bonds. The summed E-state index contributed by atoms with van der Waals surface area (Å²) >= 11 is 0. The van der Waals surface area contributed by atoms with Gasteiger partial charge in [-0.05, 0) is 18.2 Å². The molecule has 0 spiro atoms. The van der Waals surface area contributed by atoms with Crippen LogP contribution in [0, 0.1) is 5.82 Å². The van der Waals surface area contributed by atoms with Crippen LogP contribution in [0.2, 0.25) is 0 Å². The second-order valence-corrected chi connectivity index (χ2v) is 8.43. The van der Waals surface area contributed by atoms with Crippen LogP contribution in [0.4, 0.5) is 10.2 Å². The van der Waals surface area contributed by atoms with E-state index in [-0.39, 0.29) is 28.1 Å². The lowest BCUT2D eigenvalue weighted by Crippen LogP contribution is -2.48. The Labute approximate surface area is 198 Å². The van der Waals surface area contributed by atoms with Gasteiger partial charge in [-0.1, -0.05) is 12.1 Å². The molecule has 0 atom stereocenters. The van der Waals surface area contributed by atoms with E-state index in [0.29, 0.717) is 56.4 Å². The quantitative estimate of drug-likeness (QED) is 0.365. The number of carbonyl (C=O) groups is 1. The number of aliphatic imine (C=N–C) groups is 1. The molecule has 1 saturated heterocycles. The number of H-pyrrole nitrogens is 1. The molecule has 6 rings (SSSR count). The zero-order valence-electron chi connectivity index (χ0n) is 19.0. The van der Waals surface area contributed by atoms with E-state index in [2.05, 4.69) is 25.7 Å². The number of fused-ring (bicyclic) bond motifs is 5. The van der Waals surface area contributed by atoms with Gasteiger partial charge in [-0.2, -0.15) is 0 Å². The first-order valence-electron chi connectivity index (χ1n) is 11.3. The molecule has 5 heterocycles. The van der Waals surface area contributed by atoms with Gasteiger partial charge in [-0.15, -0.1) is 0 Å². The van der Waals surface area contributed by atoms with Gasteiger partial charge in [0.25, 0.3) is 5.91 Å². The molecule has 0 radical (unpaired) electrons. The lowest BCUT2D eigenvalue weighted by Gasteiger charge is -2.28. The molecule has 0 aliphatic carbocycles. The van der Waals surface area contributed by atoms with Crippen LogP contribution in [0.1, 0.15) is 10.4 Å². The number of aromatic amines is 1. The van der Waals surface area contributed by atoms with Crippen molar-refractivity contribution >= 4 is 45.4 Å². The molecule has 0 bridgehead atoms. The SMILES string of the molecule is CN(NC(=O)c1c(=O)c2cc(F)c(N3CCOCC3)nc2n2c1[nH]c1ccccc12)C1=NCCN1. The molecule has 0 unspecified atom stereocenters. The van der Waals surface area contributed by atoms with Crippen molar-refractivity contribution in [1.29, 1.82) is 0 Å². The topological polar surface area (TPSA) is 119 Å². The number of hydrazine groups is 1. The van der Waals surface area contributed by atoms with Gasteiger partial charge in [0.05, 0.1) is 36.2 Å². The number of carbonyl (C=O) groups excluding carboxylic acids is 1. The molecule has 1 aromatic carbocycles. The smallest absolute Gasteiger partial charge is 0.277 e. The molecule has 4 aromatic rings. The van der Waals surface area contributed by atoms with E-state index in [9.17, 15) is 9.59 Å². The number of rotatable bonds is 2. The number of nitrogens with zero attached hydrogens (tertiary/aromatic N) is 5. The first kappa shape index (κ1) is 21.4. The summed E-state index contributed by atoms with van der Waals surface area (Å²) in [6, 6.07) is 8.57. The van der Waals surface area contributed by atoms with E-state index >= 15 is 4.39 Å². The Morgan fingerprint density at radius 1 is 1.26 bits per heavy atom. The Balaban J connectivity index is 1.59. The number of pyridine rings is 2. The summed E-state index contributed by atoms with van der Waals surface area (Å²) in [6.45, 7) is 3.18. The van der Waals surface area contributed by atoms with E-state index in [1.165, 1.54) is 11.1 Å². The second kappa shape index (κ2) is 8.24. The highest BCUT2D eigenvalue weighted by atomic mass is 19.1. The fraction of sp³-hybridized carbons (Fsp3) is 0.304. The summed E-state index contributed by atoms with van der Waals surface area (Å²) in [6.07, 6.45) is 0. The number of imidazole rings is 1. The molecule has 35 heavy (non-hydrogen) atoms. The van der Waals surface area contributed by atoms with E-state index in [1.807, 2.05) is 24.3 Å². The number of halogens is 1. The Kier molecular flexibility index (Phi) is 5.02. The lowest BCUT2D eigenvalue weighted by molar-refractivity contribution is 0.0885. The monoisotopic (exact) mass is 478 g/mol. The summed E-state index contributed by atoms with van der Waals surface area (Å²) in [5.41, 5.74) is 3.92. The zero-order chi connectivity index (χ0) is 24.1. The van der Waals surface area contributed by atoms with E-state index < -0.39 is 17.2 Å². The third kappa shape index (κ3) is 3.44. The standard InChI is InChI=1S/C23H23FN8O3/c1-30(23-25-6-7-26-23)29-22(34)17-18(33)13-12-14(24)20(31-8-10-35-11-9-31)28-19(13)32-16-5-3-2-4-15(16)27-21(17)32/h2-5,12,27H,6-11H2,1H3,(H,25,26)(H,29,34). The van der Waals surface area contributed by atoms with Crippen molar-refractivity contribution in [2.75, 3.05) is 51.3 Å². The largest absolute Gasteiger partial charge is 0.378 e. The minimum absolute atomic E-state index is 0.0193. The molecule has 0 saturated carbocycles. The molecule has 12 heteroatoms. The van der Waals surface area contributed by atoms with Crippen molar-refractivity contribution in [3.63, 3.8) is 0 Å². The number of guanidine groups is 1. The summed E-state index contributed by atoms with van der Waals surface area (Å²) < 4.78 is 22.3. The molecular formula is C23H23FN8O3. The summed E-state index contributed by atoms with van der Waals surface area (Å²) in [7, 11) is 1.63. The summed E-state index contributed by atoms with van der Waals surface area (Å²) in [5, 5.41) is 4.51. The number of hydrogen-bond acceptors (Lipinski definition) is 8. The van der Waals surface area contributed by atoms with E-state index in [1.54, 1.807) is 16.3 Å². The van der Waals surface area contributed by atoms with Crippen molar-refractivity contribution in [3.8, 4) is 0 Å². The normalized spacial score (nSPS) is 16.1. The maximum absolute atomic E-state index is 15.2. The second-order valence-electron chi connectivity index (χ2n) is 8.43. The fourth-order valence-corrected chi connectivity index (χ4v) is 4.60. The fourth-order valence-electron chi connectivity index (χ4n) is 4.60. The summed E-state index contributed by atoms with van der Waals surface area (Å²) in [4.78, 5) is 40.8. The third-order valence-corrected chi connectivity index (χ3v) is 6.26. The van der Waals surface area contributed by atoms with Gasteiger partial charge in [0.1, 0.15) is 11.2 Å². The van der Waals surface area contributed by atoms with Crippen LogP contribution in [0.15, 0.2) is 40.1 Å². The number of benzene rings is 1. The van der Waals surface area contributed by atoms with Crippen LogP contribution in [-0.4, -0.2) is 77.7 Å². The van der Waals surface area contributed by atoms with Crippen molar-refractivity contribution in [1.82, 2.24) is 30.1 Å². The van der Waals surface area contributed by atoms with Gasteiger partial charge in [-0.3, -0.25) is 24.4 Å². The number of ether oxygens (including phenoxy) is 1. The van der Waals surface area contributed by atoms with Gasteiger partial charge >= 0.3 is 0 Å². The number of nitrogens with one attached hydrogen (secondary N) is 3. The molecule has 2 aliphatic heterocycles. The number of hydrogen-bond donors (Lipinski definition) is 3. The molecule has 11 nitrogen and oxygen atoms in total. The third-order valence-electron chi connectivity index (χ3n) is 6.26. The Morgan fingerprint density at radius 3 is 2.83 bits per heavy atom.